The predicted octanol–water partition coefficient (Wildman–Crippen LogP) is 2.52. The van der Waals surface area contributed by atoms with E-state index in [4.69, 9.17) is 0 Å². The summed E-state index contributed by atoms with van der Waals surface area (Å²) < 4.78 is 1.04. The maximum Gasteiger partial charge on any atom is 0.142 e. The van der Waals surface area contributed by atoms with Crippen molar-refractivity contribution < 1.29 is 9.90 Å². The first-order chi connectivity index (χ1) is 6.15. The molecule has 1 aromatic carbocycles. The number of phenolic OH excluding ortho intramolecular Hbond substituents is 1. The monoisotopic (exact) mass is 288 g/mol. The SMILES string of the molecule is Cc1cc(I)cc(/C=C/C=O)c1O. The summed E-state index contributed by atoms with van der Waals surface area (Å²) in [6.45, 7) is 1.83. The van der Waals surface area contributed by atoms with Crippen LogP contribution >= 0.6 is 22.6 Å². The van der Waals surface area contributed by atoms with Crippen LogP contribution in [0.5, 0.6) is 5.75 Å². The first kappa shape index (κ1) is 10.2. The zero-order chi connectivity index (χ0) is 9.84. The second kappa shape index (κ2) is 4.41. The van der Waals surface area contributed by atoms with Crippen LogP contribution in [0.1, 0.15) is 11.1 Å². The third-order valence-corrected chi connectivity index (χ3v) is 2.27. The number of aryl methyl sites for hydroxylation is 1. The Hall–Kier alpha value is -0.840. The second-order valence-corrected chi connectivity index (χ2v) is 3.90. The van der Waals surface area contributed by atoms with Crippen molar-refractivity contribution in [2.24, 2.45) is 0 Å². The summed E-state index contributed by atoms with van der Waals surface area (Å²) in [5, 5.41) is 9.58. The number of phenols is 1. The van der Waals surface area contributed by atoms with Gasteiger partial charge in [0.05, 0.1) is 0 Å². The maximum atomic E-state index is 10.1. The van der Waals surface area contributed by atoms with Crippen molar-refractivity contribution in [3.8, 4) is 5.75 Å². The molecule has 0 amide bonds. The Balaban J connectivity index is 3.19. The lowest BCUT2D eigenvalue weighted by molar-refractivity contribution is -0.104. The van der Waals surface area contributed by atoms with Gasteiger partial charge < -0.3 is 5.11 Å². The number of aromatic hydroxyl groups is 1. The summed E-state index contributed by atoms with van der Waals surface area (Å²) in [5.41, 5.74) is 1.49. The molecule has 0 spiro atoms. The van der Waals surface area contributed by atoms with Crippen molar-refractivity contribution >= 4 is 35.0 Å². The maximum absolute atomic E-state index is 10.1. The number of carbonyl (C=O) groups is 1. The Morgan fingerprint density at radius 3 is 2.77 bits per heavy atom. The minimum atomic E-state index is 0.235. The van der Waals surface area contributed by atoms with E-state index in [-0.39, 0.29) is 5.75 Å². The van der Waals surface area contributed by atoms with Crippen molar-refractivity contribution in [3.63, 3.8) is 0 Å². The molecule has 0 unspecified atom stereocenters. The zero-order valence-corrected chi connectivity index (χ0v) is 9.28. The topological polar surface area (TPSA) is 37.3 Å². The quantitative estimate of drug-likeness (QED) is 0.516. The molecular weight excluding hydrogens is 279 g/mol. The van der Waals surface area contributed by atoms with E-state index in [0.29, 0.717) is 11.8 Å². The lowest BCUT2D eigenvalue weighted by Gasteiger charge is -2.03. The van der Waals surface area contributed by atoms with Crippen LogP contribution in [0.2, 0.25) is 0 Å². The fourth-order valence-electron chi connectivity index (χ4n) is 1.03. The van der Waals surface area contributed by atoms with Gasteiger partial charge in [0.15, 0.2) is 0 Å². The summed E-state index contributed by atoms with van der Waals surface area (Å²) in [6.07, 6.45) is 3.65. The number of halogens is 1. The van der Waals surface area contributed by atoms with Gasteiger partial charge in [0, 0.05) is 9.13 Å². The van der Waals surface area contributed by atoms with Gasteiger partial charge >= 0.3 is 0 Å². The molecular formula is C10H9IO2. The predicted molar refractivity (Wildman–Crippen MR) is 60.7 cm³/mol. The van der Waals surface area contributed by atoms with E-state index in [1.165, 1.54) is 6.08 Å². The van der Waals surface area contributed by atoms with Crippen LogP contribution < -0.4 is 0 Å². The molecule has 0 aliphatic rings. The van der Waals surface area contributed by atoms with E-state index < -0.39 is 0 Å². The zero-order valence-electron chi connectivity index (χ0n) is 7.12. The molecule has 0 aromatic heterocycles. The molecule has 0 saturated heterocycles. The highest BCUT2D eigenvalue weighted by molar-refractivity contribution is 14.1. The van der Waals surface area contributed by atoms with Crippen molar-refractivity contribution in [1.82, 2.24) is 0 Å². The summed E-state index contributed by atoms with van der Waals surface area (Å²) in [6, 6.07) is 3.71. The molecule has 0 bridgehead atoms. The van der Waals surface area contributed by atoms with Gasteiger partial charge in [-0.1, -0.05) is 0 Å². The number of aldehydes is 1. The molecule has 0 atom stereocenters. The standard InChI is InChI=1S/C10H9IO2/c1-7-5-9(11)6-8(10(7)13)3-2-4-12/h2-6,13H,1H3/b3-2+. The van der Waals surface area contributed by atoms with E-state index >= 15 is 0 Å². The molecule has 0 saturated carbocycles. The third kappa shape index (κ3) is 2.55. The summed E-state index contributed by atoms with van der Waals surface area (Å²) in [5.74, 6) is 0.235. The Bertz CT molecular complexity index is 356. The van der Waals surface area contributed by atoms with E-state index in [0.717, 1.165) is 9.13 Å². The van der Waals surface area contributed by atoms with Crippen molar-refractivity contribution in [1.29, 1.82) is 0 Å². The molecule has 3 heteroatoms. The van der Waals surface area contributed by atoms with Gasteiger partial charge in [-0.2, -0.15) is 0 Å². The number of hydrogen-bond donors (Lipinski definition) is 1. The van der Waals surface area contributed by atoms with Crippen LogP contribution in [0.4, 0.5) is 0 Å². The molecule has 1 N–H and O–H groups in total. The Morgan fingerprint density at radius 2 is 2.15 bits per heavy atom. The molecule has 0 aliphatic carbocycles. The van der Waals surface area contributed by atoms with Gasteiger partial charge in [-0.3, -0.25) is 4.79 Å². The highest BCUT2D eigenvalue weighted by Crippen LogP contribution is 2.25. The number of rotatable bonds is 2. The van der Waals surface area contributed by atoms with Crippen LogP contribution in [-0.2, 0) is 4.79 Å². The highest BCUT2D eigenvalue weighted by Gasteiger charge is 2.02. The van der Waals surface area contributed by atoms with Crippen LogP contribution in [-0.4, -0.2) is 11.4 Å². The third-order valence-electron chi connectivity index (χ3n) is 1.65. The molecule has 0 radical (unpaired) electrons. The van der Waals surface area contributed by atoms with Gasteiger partial charge in [-0.05, 0) is 59.4 Å². The lowest BCUT2D eigenvalue weighted by Crippen LogP contribution is -1.82. The minimum Gasteiger partial charge on any atom is -0.507 e. The van der Waals surface area contributed by atoms with Crippen molar-refractivity contribution in [2.75, 3.05) is 0 Å². The number of benzene rings is 1. The Morgan fingerprint density at radius 1 is 1.46 bits per heavy atom. The van der Waals surface area contributed by atoms with Gasteiger partial charge in [0.2, 0.25) is 0 Å². The first-order valence-corrected chi connectivity index (χ1v) is 4.84. The minimum absolute atomic E-state index is 0.235. The fourth-order valence-corrected chi connectivity index (χ4v) is 1.83. The van der Waals surface area contributed by atoms with Gasteiger partial charge in [-0.25, -0.2) is 0 Å². The molecule has 1 rings (SSSR count). The molecule has 13 heavy (non-hydrogen) atoms. The number of carbonyl (C=O) groups excluding carboxylic acids is 1. The van der Waals surface area contributed by atoms with Crippen molar-refractivity contribution in [3.05, 3.63) is 32.9 Å². The second-order valence-electron chi connectivity index (χ2n) is 2.66. The van der Waals surface area contributed by atoms with E-state index in [2.05, 4.69) is 22.6 Å². The highest BCUT2D eigenvalue weighted by atomic mass is 127. The summed E-state index contributed by atoms with van der Waals surface area (Å²) in [4.78, 5) is 10.1. The summed E-state index contributed by atoms with van der Waals surface area (Å²) >= 11 is 2.17. The van der Waals surface area contributed by atoms with E-state index in [1.54, 1.807) is 6.08 Å². The first-order valence-electron chi connectivity index (χ1n) is 3.76. The largest absolute Gasteiger partial charge is 0.507 e. The van der Waals surface area contributed by atoms with E-state index in [9.17, 15) is 9.90 Å². The Labute approximate surface area is 90.4 Å². The average molecular weight is 288 g/mol. The lowest BCUT2D eigenvalue weighted by atomic mass is 10.1. The van der Waals surface area contributed by atoms with Crippen LogP contribution in [0.3, 0.4) is 0 Å². The van der Waals surface area contributed by atoms with Crippen LogP contribution in [0, 0.1) is 10.5 Å². The molecule has 2 nitrogen and oxygen atoms in total. The van der Waals surface area contributed by atoms with E-state index in [1.807, 2.05) is 19.1 Å². The van der Waals surface area contributed by atoms with Gasteiger partial charge in [0.25, 0.3) is 0 Å². The normalized spacial score (nSPS) is 10.6. The molecule has 0 heterocycles. The van der Waals surface area contributed by atoms with Gasteiger partial charge in [0.1, 0.15) is 12.0 Å². The molecule has 0 fully saturated rings. The number of allylic oxidation sites excluding steroid dienone is 1. The molecule has 1 aromatic rings. The Kier molecular flexibility index (Phi) is 3.48. The number of hydrogen-bond acceptors (Lipinski definition) is 2. The van der Waals surface area contributed by atoms with Gasteiger partial charge in [-0.15, -0.1) is 0 Å². The fraction of sp³-hybridized carbons (Fsp3) is 0.100. The van der Waals surface area contributed by atoms with Crippen molar-refractivity contribution in [2.45, 2.75) is 6.92 Å². The smallest absolute Gasteiger partial charge is 0.142 e. The molecule has 68 valence electrons. The van der Waals surface area contributed by atoms with Crippen LogP contribution in [0.25, 0.3) is 6.08 Å². The average Bonchev–Trinajstić information content (AvgIpc) is 2.09. The summed E-state index contributed by atoms with van der Waals surface area (Å²) in [7, 11) is 0. The molecule has 0 aliphatic heterocycles. The van der Waals surface area contributed by atoms with Crippen LogP contribution in [0.15, 0.2) is 18.2 Å².